The number of Topliss-reactive ketones (excluding diaryl/α,β-unsaturated/α-hetero) is 1. The fourth-order valence-corrected chi connectivity index (χ4v) is 1.29. The van der Waals surface area contributed by atoms with E-state index in [0.717, 1.165) is 6.42 Å². The van der Waals surface area contributed by atoms with Gasteiger partial charge in [-0.1, -0.05) is 19.9 Å². The molecule has 0 saturated heterocycles. The third-order valence-electron chi connectivity index (χ3n) is 2.07. The molecule has 0 radical (unpaired) electrons. The fourth-order valence-electron chi connectivity index (χ4n) is 1.29. The van der Waals surface area contributed by atoms with Crippen LogP contribution in [-0.4, -0.2) is 17.5 Å². The summed E-state index contributed by atoms with van der Waals surface area (Å²) in [5, 5.41) is 8.74. The zero-order valence-corrected chi connectivity index (χ0v) is 7.05. The minimum absolute atomic E-state index is 0.0930. The summed E-state index contributed by atoms with van der Waals surface area (Å²) in [6.07, 6.45) is 3.32. The molecule has 0 aliphatic heterocycles. The van der Waals surface area contributed by atoms with Gasteiger partial charge in [0.25, 0.3) is 0 Å². The average molecular weight is 154 g/mol. The quantitative estimate of drug-likeness (QED) is 0.618. The van der Waals surface area contributed by atoms with Gasteiger partial charge in [-0.25, -0.2) is 0 Å². The van der Waals surface area contributed by atoms with Gasteiger partial charge < -0.3 is 5.11 Å². The van der Waals surface area contributed by atoms with Gasteiger partial charge in [-0.05, 0) is 11.8 Å². The summed E-state index contributed by atoms with van der Waals surface area (Å²) < 4.78 is 0. The predicted molar refractivity (Wildman–Crippen MR) is 43.2 cm³/mol. The van der Waals surface area contributed by atoms with Crippen LogP contribution >= 0.6 is 0 Å². The molecule has 0 saturated carbocycles. The van der Waals surface area contributed by atoms with Crippen LogP contribution in [-0.2, 0) is 4.79 Å². The highest BCUT2D eigenvalue weighted by Crippen LogP contribution is 2.31. The fraction of sp³-hybridized carbons (Fsp3) is 0.667. The first-order chi connectivity index (χ1) is 5.05. The van der Waals surface area contributed by atoms with Gasteiger partial charge in [0.2, 0.25) is 0 Å². The summed E-state index contributed by atoms with van der Waals surface area (Å²) in [5.74, 6) is 0.101. The molecule has 0 atom stereocenters. The normalized spacial score (nSPS) is 23.2. The first-order valence-corrected chi connectivity index (χ1v) is 3.88. The van der Waals surface area contributed by atoms with Crippen molar-refractivity contribution in [3.05, 3.63) is 11.6 Å². The summed E-state index contributed by atoms with van der Waals surface area (Å²) in [6, 6.07) is 0. The van der Waals surface area contributed by atoms with Crippen LogP contribution < -0.4 is 0 Å². The van der Waals surface area contributed by atoms with Crippen molar-refractivity contribution in [3.8, 4) is 0 Å². The Bertz CT molecular complexity index is 202. The molecule has 1 aliphatic rings. The standard InChI is InChI=1S/C9H14O2/c1-9(2)4-3-7(6-10)8(11)5-9/h3,10H,4-6H2,1-2H3. The van der Waals surface area contributed by atoms with E-state index in [0.29, 0.717) is 12.0 Å². The van der Waals surface area contributed by atoms with E-state index in [1.807, 2.05) is 6.08 Å². The van der Waals surface area contributed by atoms with Crippen molar-refractivity contribution in [3.63, 3.8) is 0 Å². The van der Waals surface area contributed by atoms with E-state index >= 15 is 0 Å². The molecular weight excluding hydrogens is 140 g/mol. The van der Waals surface area contributed by atoms with E-state index in [1.165, 1.54) is 0 Å². The highest BCUT2D eigenvalue weighted by Gasteiger charge is 2.26. The first-order valence-electron chi connectivity index (χ1n) is 3.88. The van der Waals surface area contributed by atoms with E-state index < -0.39 is 0 Å². The van der Waals surface area contributed by atoms with E-state index in [2.05, 4.69) is 13.8 Å². The highest BCUT2D eigenvalue weighted by molar-refractivity contribution is 5.96. The van der Waals surface area contributed by atoms with Crippen molar-refractivity contribution >= 4 is 5.78 Å². The lowest BCUT2D eigenvalue weighted by Gasteiger charge is -2.26. The lowest BCUT2D eigenvalue weighted by atomic mass is 9.78. The number of allylic oxidation sites excluding steroid dienone is 1. The molecular formula is C9H14O2. The number of hydrogen-bond donors (Lipinski definition) is 1. The zero-order chi connectivity index (χ0) is 8.48. The maximum absolute atomic E-state index is 11.2. The number of carbonyl (C=O) groups excluding carboxylic acids is 1. The van der Waals surface area contributed by atoms with Crippen LogP contribution in [0.3, 0.4) is 0 Å². The van der Waals surface area contributed by atoms with Crippen molar-refractivity contribution in [2.75, 3.05) is 6.61 Å². The van der Waals surface area contributed by atoms with Crippen LogP contribution in [0.25, 0.3) is 0 Å². The Kier molecular flexibility index (Phi) is 2.14. The minimum atomic E-state index is -0.102. The Morgan fingerprint density at radius 3 is 2.73 bits per heavy atom. The van der Waals surface area contributed by atoms with Gasteiger partial charge >= 0.3 is 0 Å². The molecule has 0 unspecified atom stereocenters. The van der Waals surface area contributed by atoms with Crippen molar-refractivity contribution < 1.29 is 9.90 Å². The van der Waals surface area contributed by atoms with Crippen LogP contribution in [0.2, 0.25) is 0 Å². The average Bonchev–Trinajstić information content (AvgIpc) is 1.86. The van der Waals surface area contributed by atoms with E-state index in [-0.39, 0.29) is 17.8 Å². The van der Waals surface area contributed by atoms with Gasteiger partial charge in [0.1, 0.15) is 0 Å². The van der Waals surface area contributed by atoms with Crippen molar-refractivity contribution in [2.45, 2.75) is 26.7 Å². The number of hydrogen-bond acceptors (Lipinski definition) is 2. The number of rotatable bonds is 1. The Balaban J connectivity index is 2.76. The topological polar surface area (TPSA) is 37.3 Å². The smallest absolute Gasteiger partial charge is 0.161 e. The first kappa shape index (κ1) is 8.47. The summed E-state index contributed by atoms with van der Waals surface area (Å²) in [6.45, 7) is 4.03. The second-order valence-corrected chi connectivity index (χ2v) is 3.86. The van der Waals surface area contributed by atoms with Crippen LogP contribution in [0.15, 0.2) is 11.6 Å². The molecule has 0 spiro atoms. The molecule has 0 amide bonds. The van der Waals surface area contributed by atoms with Crippen LogP contribution in [0.1, 0.15) is 26.7 Å². The van der Waals surface area contributed by atoms with Gasteiger partial charge in [-0.15, -0.1) is 0 Å². The van der Waals surface area contributed by atoms with Crippen LogP contribution in [0.4, 0.5) is 0 Å². The molecule has 62 valence electrons. The van der Waals surface area contributed by atoms with E-state index in [4.69, 9.17) is 5.11 Å². The predicted octanol–water partition coefficient (Wildman–Crippen LogP) is 1.29. The van der Waals surface area contributed by atoms with E-state index in [1.54, 1.807) is 0 Å². The lowest BCUT2D eigenvalue weighted by Crippen LogP contribution is -2.23. The molecule has 11 heavy (non-hydrogen) atoms. The molecule has 0 aromatic heterocycles. The summed E-state index contributed by atoms with van der Waals surface area (Å²) in [7, 11) is 0. The highest BCUT2D eigenvalue weighted by atomic mass is 16.3. The number of ketones is 1. The molecule has 0 bridgehead atoms. The van der Waals surface area contributed by atoms with Crippen LogP contribution in [0.5, 0.6) is 0 Å². The second kappa shape index (κ2) is 2.78. The van der Waals surface area contributed by atoms with Gasteiger partial charge in [-0.3, -0.25) is 4.79 Å². The molecule has 0 fully saturated rings. The van der Waals surface area contributed by atoms with Crippen molar-refractivity contribution in [2.24, 2.45) is 5.41 Å². The molecule has 0 aromatic carbocycles. The van der Waals surface area contributed by atoms with Gasteiger partial charge in [0, 0.05) is 12.0 Å². The molecule has 1 N–H and O–H groups in total. The third kappa shape index (κ3) is 1.90. The summed E-state index contributed by atoms with van der Waals surface area (Å²) >= 11 is 0. The monoisotopic (exact) mass is 154 g/mol. The molecule has 2 heteroatoms. The SMILES string of the molecule is CC1(C)CC=C(CO)C(=O)C1. The largest absolute Gasteiger partial charge is 0.392 e. The third-order valence-corrected chi connectivity index (χ3v) is 2.07. The maximum atomic E-state index is 11.2. The van der Waals surface area contributed by atoms with Gasteiger partial charge in [-0.2, -0.15) is 0 Å². The molecule has 1 rings (SSSR count). The molecule has 0 aromatic rings. The minimum Gasteiger partial charge on any atom is -0.392 e. The number of aliphatic hydroxyl groups is 1. The Labute approximate surface area is 66.9 Å². The summed E-state index contributed by atoms with van der Waals surface area (Å²) in [4.78, 5) is 11.2. The lowest BCUT2D eigenvalue weighted by molar-refractivity contribution is -0.118. The molecule has 1 aliphatic carbocycles. The number of aliphatic hydroxyl groups excluding tert-OH is 1. The molecule has 2 nitrogen and oxygen atoms in total. The zero-order valence-electron chi connectivity index (χ0n) is 7.05. The van der Waals surface area contributed by atoms with Crippen molar-refractivity contribution in [1.82, 2.24) is 0 Å². The van der Waals surface area contributed by atoms with E-state index in [9.17, 15) is 4.79 Å². The van der Waals surface area contributed by atoms with Crippen molar-refractivity contribution in [1.29, 1.82) is 0 Å². The molecule has 0 heterocycles. The van der Waals surface area contributed by atoms with Gasteiger partial charge in [0.15, 0.2) is 5.78 Å². The Morgan fingerprint density at radius 1 is 1.64 bits per heavy atom. The Morgan fingerprint density at radius 2 is 2.27 bits per heavy atom. The number of carbonyl (C=O) groups is 1. The second-order valence-electron chi connectivity index (χ2n) is 3.86. The van der Waals surface area contributed by atoms with Crippen LogP contribution in [0, 0.1) is 5.41 Å². The Hall–Kier alpha value is -0.630. The maximum Gasteiger partial charge on any atom is 0.161 e. The van der Waals surface area contributed by atoms with Gasteiger partial charge in [0.05, 0.1) is 6.61 Å². The summed E-state index contributed by atoms with van der Waals surface area (Å²) in [5.41, 5.74) is 0.680.